The van der Waals surface area contributed by atoms with Gasteiger partial charge in [0.05, 0.1) is 22.9 Å². The van der Waals surface area contributed by atoms with Crippen LogP contribution in [0.1, 0.15) is 89.2 Å². The molecule has 62 heavy (non-hydrogen) atoms. The van der Waals surface area contributed by atoms with E-state index in [1.165, 1.54) is 103 Å². The highest BCUT2D eigenvalue weighted by molar-refractivity contribution is 6.23. The average molecular weight is 805 g/mol. The smallest absolute Gasteiger partial charge is 0.143 e. The Labute approximate surface area is 364 Å². The van der Waals surface area contributed by atoms with Crippen LogP contribution < -0.4 is 0 Å². The molecule has 304 valence electrons. The van der Waals surface area contributed by atoms with E-state index in [-0.39, 0.29) is 5.41 Å². The fraction of sp³-hybridized carbons (Fsp3) is 0.220. The van der Waals surface area contributed by atoms with Crippen LogP contribution in [0.15, 0.2) is 162 Å². The van der Waals surface area contributed by atoms with Crippen molar-refractivity contribution in [1.82, 2.24) is 9.97 Å². The van der Waals surface area contributed by atoms with Gasteiger partial charge >= 0.3 is 0 Å². The zero-order valence-corrected chi connectivity index (χ0v) is 35.9. The fourth-order valence-corrected chi connectivity index (χ4v) is 10.9. The first-order valence-corrected chi connectivity index (χ1v) is 23.0. The lowest BCUT2D eigenvalue weighted by molar-refractivity contribution is 0.401. The first-order chi connectivity index (χ1) is 30.7. The van der Waals surface area contributed by atoms with Gasteiger partial charge in [0.2, 0.25) is 0 Å². The largest absolute Gasteiger partial charge is 0.455 e. The molecule has 0 saturated carbocycles. The van der Waals surface area contributed by atoms with Crippen LogP contribution in [0.5, 0.6) is 0 Å². The van der Waals surface area contributed by atoms with Gasteiger partial charge in [0, 0.05) is 43.7 Å². The molecule has 2 aromatic heterocycles. The van der Waals surface area contributed by atoms with E-state index in [0.717, 1.165) is 71.7 Å². The van der Waals surface area contributed by atoms with E-state index >= 15 is 0 Å². The Hall–Kier alpha value is -6.58. The van der Waals surface area contributed by atoms with Crippen LogP contribution >= 0.6 is 0 Å². The monoisotopic (exact) mass is 804 g/mol. The maximum absolute atomic E-state index is 7.10. The molecule has 1 aliphatic rings. The van der Waals surface area contributed by atoms with Gasteiger partial charge in [0.25, 0.3) is 0 Å². The molecule has 0 radical (unpaired) electrons. The Morgan fingerprint density at radius 3 is 1.63 bits per heavy atom. The van der Waals surface area contributed by atoms with Gasteiger partial charge in [0.15, 0.2) is 0 Å². The van der Waals surface area contributed by atoms with Crippen molar-refractivity contribution in [2.24, 2.45) is 0 Å². The summed E-state index contributed by atoms with van der Waals surface area (Å²) >= 11 is 0. The zero-order valence-electron chi connectivity index (χ0n) is 35.9. The summed E-state index contributed by atoms with van der Waals surface area (Å²) < 4.78 is 7.10. The second kappa shape index (κ2) is 16.0. The van der Waals surface area contributed by atoms with E-state index in [1.807, 2.05) is 6.20 Å². The second-order valence-electron chi connectivity index (χ2n) is 17.6. The molecule has 3 heteroatoms. The van der Waals surface area contributed by atoms with E-state index in [0.29, 0.717) is 0 Å². The van der Waals surface area contributed by atoms with Gasteiger partial charge in [0.1, 0.15) is 11.2 Å². The molecule has 0 spiro atoms. The van der Waals surface area contributed by atoms with Gasteiger partial charge in [-0.05, 0) is 69.1 Å². The normalized spacial score (nSPS) is 13.1. The summed E-state index contributed by atoms with van der Waals surface area (Å²) in [6.45, 7) is 4.63. The number of aromatic nitrogens is 2. The summed E-state index contributed by atoms with van der Waals surface area (Å²) in [6.07, 6.45) is 14.5. The number of hydrogen-bond donors (Lipinski definition) is 0. The Kier molecular flexibility index (Phi) is 9.92. The summed E-state index contributed by atoms with van der Waals surface area (Å²) in [5.74, 6) is 0. The highest BCUT2D eigenvalue weighted by Crippen LogP contribution is 2.55. The molecule has 8 aromatic carbocycles. The Morgan fingerprint density at radius 2 is 0.952 bits per heavy atom. The molecule has 11 rings (SSSR count). The van der Waals surface area contributed by atoms with Crippen molar-refractivity contribution in [1.29, 1.82) is 0 Å². The molecule has 0 unspecified atom stereocenters. The Balaban J connectivity index is 1.01. The molecular formula is C59H52N2O. The topological polar surface area (TPSA) is 38.9 Å². The summed E-state index contributed by atoms with van der Waals surface area (Å²) in [4.78, 5) is 10.4. The summed E-state index contributed by atoms with van der Waals surface area (Å²) in [7, 11) is 0. The summed E-state index contributed by atoms with van der Waals surface area (Å²) in [6, 6.07) is 55.5. The number of nitrogens with zero attached hydrogens (tertiary/aromatic N) is 2. The number of unbranched alkanes of at least 4 members (excludes halogenated alkanes) is 6. The molecule has 0 atom stereocenters. The van der Waals surface area contributed by atoms with Gasteiger partial charge in [-0.3, -0.25) is 4.98 Å². The Bertz CT molecular complexity index is 3250. The molecule has 10 aromatic rings. The lowest BCUT2D eigenvalue weighted by atomic mass is 9.70. The molecule has 1 aliphatic carbocycles. The second-order valence-corrected chi connectivity index (χ2v) is 17.6. The molecular weight excluding hydrogens is 753 g/mol. The molecule has 0 saturated heterocycles. The third kappa shape index (κ3) is 6.32. The molecule has 2 heterocycles. The predicted octanol–water partition coefficient (Wildman–Crippen LogP) is 17.0. The number of rotatable bonds is 13. The van der Waals surface area contributed by atoms with Crippen molar-refractivity contribution in [3.63, 3.8) is 0 Å². The van der Waals surface area contributed by atoms with Gasteiger partial charge in [-0.15, -0.1) is 0 Å². The highest BCUT2D eigenvalue weighted by Gasteiger charge is 2.42. The van der Waals surface area contributed by atoms with E-state index < -0.39 is 0 Å². The standard InChI is InChI=1S/C59H52N2O/c1-3-5-7-15-34-59(35-16-8-6-4-2)52-31-14-13-24-46(52)47-33-32-40(37-53(47)59)43-28-19-30-51-50-29-18-27-42(57(50)62-58(43)51)39-20-17-21-41(36-39)54-38-60-55-48-25-11-9-22-44(48)45-23-10-12-26-49(45)56(55)61-54/h9-14,17-33,36-38H,3-8,15-16,34-35H2,1-2H3. The minimum absolute atomic E-state index is 0.0275. The zero-order chi connectivity index (χ0) is 41.6. The lowest BCUT2D eigenvalue weighted by Gasteiger charge is -2.33. The minimum Gasteiger partial charge on any atom is -0.455 e. The van der Waals surface area contributed by atoms with Crippen molar-refractivity contribution in [3.8, 4) is 44.6 Å². The molecule has 0 aliphatic heterocycles. The third-order valence-corrected chi connectivity index (χ3v) is 13.9. The van der Waals surface area contributed by atoms with Crippen LogP contribution in [0.25, 0.3) is 99.2 Å². The summed E-state index contributed by atoms with van der Waals surface area (Å²) in [5.41, 5.74) is 16.0. The third-order valence-electron chi connectivity index (χ3n) is 13.9. The van der Waals surface area contributed by atoms with E-state index in [2.05, 4.69) is 166 Å². The molecule has 0 bridgehead atoms. The average Bonchev–Trinajstić information content (AvgIpc) is 3.85. The SMILES string of the molecule is CCCCCCC1(CCCCCC)c2ccccc2-c2ccc(-c3cccc4c3oc3c(-c5cccc(-c6cnc7c8ccccc8c8ccccc8c7n6)c5)cccc34)cc21. The van der Waals surface area contributed by atoms with Gasteiger partial charge in [-0.25, -0.2) is 4.98 Å². The van der Waals surface area contributed by atoms with E-state index in [1.54, 1.807) is 0 Å². The van der Waals surface area contributed by atoms with Crippen molar-refractivity contribution in [2.45, 2.75) is 83.5 Å². The van der Waals surface area contributed by atoms with Gasteiger partial charge < -0.3 is 4.42 Å². The fourth-order valence-electron chi connectivity index (χ4n) is 10.9. The van der Waals surface area contributed by atoms with E-state index in [9.17, 15) is 0 Å². The van der Waals surface area contributed by atoms with Crippen molar-refractivity contribution < 1.29 is 4.42 Å². The van der Waals surface area contributed by atoms with Crippen LogP contribution in [-0.4, -0.2) is 9.97 Å². The quantitative estimate of drug-likeness (QED) is 0.0861. The van der Waals surface area contributed by atoms with Crippen LogP contribution in [0.2, 0.25) is 0 Å². The van der Waals surface area contributed by atoms with Crippen molar-refractivity contribution in [2.75, 3.05) is 0 Å². The van der Waals surface area contributed by atoms with Crippen LogP contribution in [-0.2, 0) is 5.41 Å². The maximum atomic E-state index is 7.10. The van der Waals surface area contributed by atoms with Crippen LogP contribution in [0.4, 0.5) is 0 Å². The first-order valence-electron chi connectivity index (χ1n) is 23.0. The molecule has 3 nitrogen and oxygen atoms in total. The minimum atomic E-state index is 0.0275. The van der Waals surface area contributed by atoms with E-state index in [4.69, 9.17) is 14.4 Å². The van der Waals surface area contributed by atoms with Gasteiger partial charge in [-0.1, -0.05) is 205 Å². The number of fused-ring (bicyclic) bond motifs is 12. The molecule has 0 N–H and O–H groups in total. The van der Waals surface area contributed by atoms with Gasteiger partial charge in [-0.2, -0.15) is 0 Å². The lowest BCUT2D eigenvalue weighted by Crippen LogP contribution is -2.25. The van der Waals surface area contributed by atoms with Crippen LogP contribution in [0, 0.1) is 0 Å². The highest BCUT2D eigenvalue weighted by atomic mass is 16.3. The van der Waals surface area contributed by atoms with Crippen LogP contribution in [0.3, 0.4) is 0 Å². The maximum Gasteiger partial charge on any atom is 0.143 e. The number of furan rings is 1. The molecule has 0 fully saturated rings. The Morgan fingerprint density at radius 1 is 0.419 bits per heavy atom. The number of hydrogen-bond acceptors (Lipinski definition) is 3. The summed E-state index contributed by atoms with van der Waals surface area (Å²) in [5, 5.41) is 6.91. The molecule has 0 amide bonds. The first kappa shape index (κ1) is 38.3. The van der Waals surface area contributed by atoms with Crippen molar-refractivity contribution >= 4 is 54.5 Å². The predicted molar refractivity (Wildman–Crippen MR) is 262 cm³/mol. The van der Waals surface area contributed by atoms with Crippen molar-refractivity contribution in [3.05, 3.63) is 169 Å². The number of benzene rings is 8. The number of para-hydroxylation sites is 2.